The summed E-state index contributed by atoms with van der Waals surface area (Å²) in [6, 6.07) is 11.0. The lowest BCUT2D eigenvalue weighted by atomic mass is 10.1. The van der Waals surface area contributed by atoms with Gasteiger partial charge < -0.3 is 11.1 Å². The first-order chi connectivity index (χ1) is 10.1. The summed E-state index contributed by atoms with van der Waals surface area (Å²) in [6.45, 7) is 0. The Bertz CT molecular complexity index is 799. The van der Waals surface area contributed by atoms with Crippen molar-refractivity contribution in [1.29, 1.82) is 0 Å². The molecule has 104 valence electrons. The summed E-state index contributed by atoms with van der Waals surface area (Å²) in [6.07, 6.45) is 0. The number of nitrogen functional groups attached to an aromatic ring is 1. The molecule has 0 spiro atoms. The van der Waals surface area contributed by atoms with Gasteiger partial charge in [0.15, 0.2) is 0 Å². The molecule has 0 saturated carbocycles. The summed E-state index contributed by atoms with van der Waals surface area (Å²) >= 11 is 0. The Hall–Kier alpha value is -3.22. The molecule has 1 aliphatic heterocycles. The number of rotatable bonds is 2. The van der Waals surface area contributed by atoms with Crippen LogP contribution in [-0.2, 0) is 4.79 Å². The number of nitro benzene ring substituents is 1. The second kappa shape index (κ2) is 4.71. The third kappa shape index (κ3) is 2.20. The Morgan fingerprint density at radius 2 is 1.95 bits per heavy atom. The number of hydrogen-bond acceptors (Lipinski definition) is 5. The van der Waals surface area contributed by atoms with E-state index in [9.17, 15) is 14.9 Å². The first-order valence-corrected chi connectivity index (χ1v) is 6.09. The first kappa shape index (κ1) is 12.8. The Labute approximate surface area is 119 Å². The van der Waals surface area contributed by atoms with Gasteiger partial charge in [-0.15, -0.1) is 0 Å². The van der Waals surface area contributed by atoms with Crippen molar-refractivity contribution >= 4 is 34.4 Å². The highest BCUT2D eigenvalue weighted by atomic mass is 16.6. The molecule has 21 heavy (non-hydrogen) atoms. The molecule has 0 atom stereocenters. The van der Waals surface area contributed by atoms with E-state index in [4.69, 9.17) is 5.73 Å². The minimum absolute atomic E-state index is 0.0982. The predicted molar refractivity (Wildman–Crippen MR) is 78.8 cm³/mol. The molecule has 0 aromatic heterocycles. The maximum atomic E-state index is 12.0. The molecule has 1 aliphatic rings. The van der Waals surface area contributed by atoms with Gasteiger partial charge in [0.25, 0.3) is 11.6 Å². The van der Waals surface area contributed by atoms with Crippen LogP contribution in [0.25, 0.3) is 0 Å². The topological polar surface area (TPSA) is 111 Å². The molecule has 3 N–H and O–H groups in total. The van der Waals surface area contributed by atoms with Gasteiger partial charge >= 0.3 is 0 Å². The second-order valence-electron chi connectivity index (χ2n) is 4.46. The zero-order valence-corrected chi connectivity index (χ0v) is 10.7. The van der Waals surface area contributed by atoms with E-state index >= 15 is 0 Å². The monoisotopic (exact) mass is 282 g/mol. The van der Waals surface area contributed by atoms with Gasteiger partial charge in [-0.2, -0.15) is 0 Å². The maximum absolute atomic E-state index is 12.0. The average Bonchev–Trinajstić information content (AvgIpc) is 2.76. The van der Waals surface area contributed by atoms with E-state index in [1.54, 1.807) is 24.3 Å². The number of anilines is 2. The Morgan fingerprint density at radius 3 is 2.67 bits per heavy atom. The van der Waals surface area contributed by atoms with E-state index in [2.05, 4.69) is 10.3 Å². The summed E-state index contributed by atoms with van der Waals surface area (Å²) in [5, 5.41) is 13.5. The second-order valence-corrected chi connectivity index (χ2v) is 4.46. The fraction of sp³-hybridized carbons (Fsp3) is 0. The summed E-state index contributed by atoms with van der Waals surface area (Å²) in [5.41, 5.74) is 7.59. The number of nitro groups is 1. The van der Waals surface area contributed by atoms with Crippen LogP contribution in [0.1, 0.15) is 5.56 Å². The van der Waals surface area contributed by atoms with Crippen LogP contribution in [0.15, 0.2) is 47.5 Å². The lowest BCUT2D eigenvalue weighted by Gasteiger charge is -2.01. The standard InChI is InChI=1S/C14H10N4O3/c15-10-3-1-2-4-12(10)16-13-9-7-8(18(20)21)5-6-11(9)17-14(13)19/h1-7H,15H2,(H,16,17,19). The molecule has 0 bridgehead atoms. The van der Waals surface area contributed by atoms with Gasteiger partial charge in [0.2, 0.25) is 0 Å². The van der Waals surface area contributed by atoms with E-state index in [0.29, 0.717) is 22.6 Å². The van der Waals surface area contributed by atoms with Crippen molar-refractivity contribution in [2.75, 3.05) is 11.1 Å². The fourth-order valence-corrected chi connectivity index (χ4v) is 2.08. The van der Waals surface area contributed by atoms with Crippen LogP contribution < -0.4 is 11.1 Å². The van der Waals surface area contributed by atoms with E-state index < -0.39 is 10.8 Å². The molecule has 2 aromatic carbocycles. The summed E-state index contributed by atoms with van der Waals surface area (Å²) in [4.78, 5) is 26.5. The van der Waals surface area contributed by atoms with Crippen molar-refractivity contribution in [2.45, 2.75) is 0 Å². The van der Waals surface area contributed by atoms with Crippen molar-refractivity contribution in [3.05, 3.63) is 58.1 Å². The molecular formula is C14H10N4O3. The molecule has 7 nitrogen and oxygen atoms in total. The van der Waals surface area contributed by atoms with Crippen molar-refractivity contribution in [3.8, 4) is 0 Å². The zero-order chi connectivity index (χ0) is 15.0. The lowest BCUT2D eigenvalue weighted by Crippen LogP contribution is -2.14. The number of nitrogens with one attached hydrogen (secondary N) is 1. The number of non-ortho nitro benzene ring substituents is 1. The van der Waals surface area contributed by atoms with Gasteiger partial charge in [0.05, 0.1) is 22.0 Å². The minimum Gasteiger partial charge on any atom is -0.397 e. The third-order valence-electron chi connectivity index (χ3n) is 3.10. The Morgan fingerprint density at radius 1 is 1.19 bits per heavy atom. The SMILES string of the molecule is Nc1ccccc1N=C1C(=O)Nc2ccc([N+](=O)[O-])cc21. The van der Waals surface area contributed by atoms with Gasteiger partial charge in [-0.05, 0) is 18.2 Å². The van der Waals surface area contributed by atoms with Crippen LogP contribution in [0.4, 0.5) is 22.7 Å². The fourth-order valence-electron chi connectivity index (χ4n) is 2.08. The number of hydrogen-bond donors (Lipinski definition) is 2. The number of para-hydroxylation sites is 2. The first-order valence-electron chi connectivity index (χ1n) is 6.09. The molecule has 2 aromatic rings. The number of carbonyl (C=O) groups excluding carboxylic acids is 1. The zero-order valence-electron chi connectivity index (χ0n) is 10.7. The lowest BCUT2D eigenvalue weighted by molar-refractivity contribution is -0.384. The van der Waals surface area contributed by atoms with Crippen LogP contribution in [0.5, 0.6) is 0 Å². The van der Waals surface area contributed by atoms with Crippen LogP contribution in [0.3, 0.4) is 0 Å². The Kier molecular flexibility index (Phi) is 2.87. The molecule has 0 unspecified atom stereocenters. The molecule has 7 heteroatoms. The maximum Gasteiger partial charge on any atom is 0.275 e. The van der Waals surface area contributed by atoms with Crippen LogP contribution in [-0.4, -0.2) is 16.5 Å². The van der Waals surface area contributed by atoms with Crippen LogP contribution >= 0.6 is 0 Å². The molecular weight excluding hydrogens is 272 g/mol. The molecule has 1 amide bonds. The molecule has 1 heterocycles. The Balaban J connectivity index is 2.14. The van der Waals surface area contributed by atoms with Crippen molar-refractivity contribution in [2.24, 2.45) is 4.99 Å². The summed E-state index contributed by atoms with van der Waals surface area (Å²) < 4.78 is 0. The van der Waals surface area contributed by atoms with Crippen molar-refractivity contribution in [1.82, 2.24) is 0 Å². The van der Waals surface area contributed by atoms with E-state index in [-0.39, 0.29) is 11.4 Å². The van der Waals surface area contributed by atoms with Crippen molar-refractivity contribution < 1.29 is 9.72 Å². The van der Waals surface area contributed by atoms with Crippen LogP contribution in [0, 0.1) is 10.1 Å². The number of benzene rings is 2. The number of nitrogens with two attached hydrogens (primary N) is 1. The van der Waals surface area contributed by atoms with Gasteiger partial charge in [-0.3, -0.25) is 14.9 Å². The smallest absolute Gasteiger partial charge is 0.275 e. The summed E-state index contributed by atoms with van der Waals surface area (Å²) in [7, 11) is 0. The van der Waals surface area contributed by atoms with Gasteiger partial charge in [-0.1, -0.05) is 12.1 Å². The van der Waals surface area contributed by atoms with E-state index in [1.165, 1.54) is 18.2 Å². The normalized spacial score (nSPS) is 14.9. The van der Waals surface area contributed by atoms with E-state index in [1.807, 2.05) is 0 Å². The predicted octanol–water partition coefficient (Wildman–Crippen LogP) is 2.25. The largest absolute Gasteiger partial charge is 0.397 e. The van der Waals surface area contributed by atoms with Crippen molar-refractivity contribution in [3.63, 3.8) is 0 Å². The molecule has 0 saturated heterocycles. The number of carbonyl (C=O) groups is 1. The van der Waals surface area contributed by atoms with Gasteiger partial charge in [0.1, 0.15) is 5.71 Å². The summed E-state index contributed by atoms with van der Waals surface area (Å²) in [5.74, 6) is -0.409. The molecule has 3 rings (SSSR count). The highest BCUT2D eigenvalue weighted by Crippen LogP contribution is 2.30. The third-order valence-corrected chi connectivity index (χ3v) is 3.10. The highest BCUT2D eigenvalue weighted by molar-refractivity contribution is 6.54. The number of nitrogens with zero attached hydrogens (tertiary/aromatic N) is 2. The molecule has 0 aliphatic carbocycles. The number of amides is 1. The molecule has 0 fully saturated rings. The number of aliphatic imine (C=N–C) groups is 1. The highest BCUT2D eigenvalue weighted by Gasteiger charge is 2.28. The van der Waals surface area contributed by atoms with Gasteiger partial charge in [0, 0.05) is 17.7 Å². The molecule has 0 radical (unpaired) electrons. The number of fused-ring (bicyclic) bond motifs is 1. The van der Waals surface area contributed by atoms with Gasteiger partial charge in [-0.25, -0.2) is 4.99 Å². The average molecular weight is 282 g/mol. The minimum atomic E-state index is -0.516. The quantitative estimate of drug-likeness (QED) is 0.500. The van der Waals surface area contributed by atoms with Crippen LogP contribution in [0.2, 0.25) is 0 Å². The van der Waals surface area contributed by atoms with E-state index in [0.717, 1.165) is 0 Å².